The zero-order valence-electron chi connectivity index (χ0n) is 10.2. The number of anilines is 1. The highest BCUT2D eigenvalue weighted by molar-refractivity contribution is 5.97. The van der Waals surface area contributed by atoms with E-state index in [-0.39, 0.29) is 11.4 Å². The lowest BCUT2D eigenvalue weighted by atomic mass is 10.1. The van der Waals surface area contributed by atoms with Gasteiger partial charge in [-0.3, -0.25) is 0 Å². The second-order valence-electron chi connectivity index (χ2n) is 3.98. The lowest BCUT2D eigenvalue weighted by Crippen LogP contribution is -2.16. The lowest BCUT2D eigenvalue weighted by molar-refractivity contribution is 0.318. The summed E-state index contributed by atoms with van der Waals surface area (Å²) in [5.41, 5.74) is 6.85. The molecule has 2 aromatic carbocycles. The molecular formula is C14H14FN3O. The van der Waals surface area contributed by atoms with Crippen molar-refractivity contribution in [1.29, 1.82) is 0 Å². The van der Waals surface area contributed by atoms with E-state index in [0.717, 1.165) is 5.69 Å². The number of hydrogen-bond acceptors (Lipinski definition) is 3. The molecule has 0 fully saturated rings. The Kier molecular flexibility index (Phi) is 3.97. The molecule has 0 aliphatic rings. The largest absolute Gasteiger partial charge is 0.409 e. The number of nitrogens with zero attached hydrogens (tertiary/aromatic N) is 1. The Hall–Kier alpha value is -2.56. The van der Waals surface area contributed by atoms with Gasteiger partial charge in [0.25, 0.3) is 0 Å². The summed E-state index contributed by atoms with van der Waals surface area (Å²) in [5.74, 6) is -0.722. The Balaban J connectivity index is 2.17. The van der Waals surface area contributed by atoms with Crippen LogP contribution in [0, 0.1) is 5.82 Å². The number of hydrogen-bond donors (Lipinski definition) is 3. The first kappa shape index (κ1) is 12.9. The topological polar surface area (TPSA) is 70.6 Å². The van der Waals surface area contributed by atoms with Gasteiger partial charge in [0, 0.05) is 17.8 Å². The minimum absolute atomic E-state index is 0.0925. The van der Waals surface area contributed by atoms with Crippen molar-refractivity contribution in [1.82, 2.24) is 0 Å². The highest BCUT2D eigenvalue weighted by Crippen LogP contribution is 2.15. The normalized spacial score (nSPS) is 11.3. The zero-order valence-corrected chi connectivity index (χ0v) is 10.2. The summed E-state index contributed by atoms with van der Waals surface area (Å²) in [4.78, 5) is 0. The van der Waals surface area contributed by atoms with Gasteiger partial charge in [-0.15, -0.1) is 0 Å². The maximum atomic E-state index is 14.1. The molecule has 0 aliphatic carbocycles. The fourth-order valence-electron chi connectivity index (χ4n) is 1.72. The van der Waals surface area contributed by atoms with Gasteiger partial charge in [-0.1, -0.05) is 35.5 Å². The molecule has 4 N–H and O–H groups in total. The quantitative estimate of drug-likeness (QED) is 0.342. The van der Waals surface area contributed by atoms with Crippen molar-refractivity contribution in [2.24, 2.45) is 10.9 Å². The summed E-state index contributed by atoms with van der Waals surface area (Å²) >= 11 is 0. The van der Waals surface area contributed by atoms with Gasteiger partial charge in [0.15, 0.2) is 5.84 Å². The van der Waals surface area contributed by atoms with E-state index in [1.807, 2.05) is 30.3 Å². The summed E-state index contributed by atoms with van der Waals surface area (Å²) in [7, 11) is 0. The van der Waals surface area contributed by atoms with Crippen LogP contribution < -0.4 is 11.1 Å². The van der Waals surface area contributed by atoms with Crippen molar-refractivity contribution in [3.63, 3.8) is 0 Å². The Morgan fingerprint density at radius 2 is 1.89 bits per heavy atom. The zero-order chi connectivity index (χ0) is 13.7. The van der Waals surface area contributed by atoms with Gasteiger partial charge >= 0.3 is 0 Å². The lowest BCUT2D eigenvalue weighted by Gasteiger charge is -2.09. The smallest absolute Gasteiger partial charge is 0.173 e. The van der Waals surface area contributed by atoms with E-state index in [9.17, 15) is 4.39 Å². The molecule has 0 heterocycles. The number of para-hydroxylation sites is 1. The monoisotopic (exact) mass is 259 g/mol. The van der Waals surface area contributed by atoms with E-state index >= 15 is 0 Å². The molecule has 2 aromatic rings. The first-order valence-corrected chi connectivity index (χ1v) is 5.76. The van der Waals surface area contributed by atoms with Crippen LogP contribution in [-0.2, 0) is 6.54 Å². The predicted octanol–water partition coefficient (Wildman–Crippen LogP) is 2.53. The average Bonchev–Trinajstić information content (AvgIpc) is 2.46. The number of benzene rings is 2. The number of oxime groups is 1. The third-order valence-electron chi connectivity index (χ3n) is 2.72. The van der Waals surface area contributed by atoms with Gasteiger partial charge < -0.3 is 16.3 Å². The van der Waals surface area contributed by atoms with Crippen molar-refractivity contribution >= 4 is 11.5 Å². The van der Waals surface area contributed by atoms with Crippen LogP contribution in [0.5, 0.6) is 0 Å². The van der Waals surface area contributed by atoms with E-state index in [1.165, 1.54) is 6.07 Å². The Morgan fingerprint density at radius 3 is 2.58 bits per heavy atom. The van der Waals surface area contributed by atoms with Crippen LogP contribution in [0.25, 0.3) is 0 Å². The van der Waals surface area contributed by atoms with Crippen LogP contribution in [0.3, 0.4) is 0 Å². The summed E-state index contributed by atoms with van der Waals surface area (Å²) in [6.45, 7) is 0.322. The molecule has 0 saturated heterocycles. The van der Waals surface area contributed by atoms with Crippen LogP contribution in [0.15, 0.2) is 53.7 Å². The number of nitrogens with one attached hydrogen (secondary N) is 1. The van der Waals surface area contributed by atoms with Crippen LogP contribution in [0.4, 0.5) is 10.1 Å². The molecular weight excluding hydrogens is 245 g/mol. The molecule has 98 valence electrons. The van der Waals surface area contributed by atoms with Crippen molar-refractivity contribution in [3.8, 4) is 0 Å². The number of halogens is 1. The van der Waals surface area contributed by atoms with Gasteiger partial charge in [0.1, 0.15) is 5.82 Å². The molecule has 5 heteroatoms. The van der Waals surface area contributed by atoms with Gasteiger partial charge in [0.05, 0.1) is 5.56 Å². The summed E-state index contributed by atoms with van der Waals surface area (Å²) in [5, 5.41) is 14.5. The Morgan fingerprint density at radius 1 is 1.16 bits per heavy atom. The molecule has 0 aromatic heterocycles. The molecule has 0 aliphatic heterocycles. The first-order valence-electron chi connectivity index (χ1n) is 5.76. The van der Waals surface area contributed by atoms with Gasteiger partial charge in [-0.2, -0.15) is 0 Å². The summed E-state index contributed by atoms with van der Waals surface area (Å²) in [6.07, 6.45) is 0. The SMILES string of the molecule is N/C(=N/O)c1cccc(CNc2ccccc2)c1F. The number of amidine groups is 1. The van der Waals surface area contributed by atoms with Gasteiger partial charge in [-0.25, -0.2) is 4.39 Å². The van der Waals surface area contributed by atoms with E-state index in [4.69, 9.17) is 10.9 Å². The molecule has 0 bridgehead atoms. The predicted molar refractivity (Wildman–Crippen MR) is 72.7 cm³/mol. The van der Waals surface area contributed by atoms with Crippen LogP contribution in [0.2, 0.25) is 0 Å². The van der Waals surface area contributed by atoms with E-state index in [2.05, 4.69) is 10.5 Å². The third kappa shape index (κ3) is 3.01. The highest BCUT2D eigenvalue weighted by atomic mass is 19.1. The van der Waals surface area contributed by atoms with Crippen molar-refractivity contribution in [2.45, 2.75) is 6.54 Å². The van der Waals surface area contributed by atoms with Crippen molar-refractivity contribution in [3.05, 3.63) is 65.5 Å². The molecule has 0 atom stereocenters. The summed E-state index contributed by atoms with van der Waals surface area (Å²) in [6, 6.07) is 14.3. The summed E-state index contributed by atoms with van der Waals surface area (Å²) < 4.78 is 14.1. The maximum absolute atomic E-state index is 14.1. The number of nitrogens with two attached hydrogens (primary N) is 1. The van der Waals surface area contributed by atoms with Gasteiger partial charge in [-0.05, 0) is 18.2 Å². The van der Waals surface area contributed by atoms with Crippen molar-refractivity contribution in [2.75, 3.05) is 5.32 Å². The third-order valence-corrected chi connectivity index (χ3v) is 2.72. The Labute approximate surface area is 110 Å². The minimum atomic E-state index is -0.485. The molecule has 2 rings (SSSR count). The van der Waals surface area contributed by atoms with E-state index < -0.39 is 5.82 Å². The van der Waals surface area contributed by atoms with Crippen LogP contribution >= 0.6 is 0 Å². The average molecular weight is 259 g/mol. The second-order valence-corrected chi connectivity index (χ2v) is 3.98. The first-order chi connectivity index (χ1) is 9.22. The van der Waals surface area contributed by atoms with Crippen LogP contribution in [0.1, 0.15) is 11.1 Å². The van der Waals surface area contributed by atoms with Crippen LogP contribution in [-0.4, -0.2) is 11.0 Å². The molecule has 0 unspecified atom stereocenters. The molecule has 0 saturated carbocycles. The minimum Gasteiger partial charge on any atom is -0.409 e. The second kappa shape index (κ2) is 5.86. The van der Waals surface area contributed by atoms with E-state index in [1.54, 1.807) is 12.1 Å². The standard InChI is InChI=1S/C14H14FN3O/c15-13-10(5-4-8-12(13)14(16)18-19)9-17-11-6-2-1-3-7-11/h1-8,17,19H,9H2,(H2,16,18). The van der Waals surface area contributed by atoms with Gasteiger partial charge in [0.2, 0.25) is 0 Å². The fraction of sp³-hybridized carbons (Fsp3) is 0.0714. The van der Waals surface area contributed by atoms with Crippen molar-refractivity contribution < 1.29 is 9.60 Å². The number of rotatable bonds is 4. The maximum Gasteiger partial charge on any atom is 0.173 e. The molecule has 0 amide bonds. The van der Waals surface area contributed by atoms with E-state index in [0.29, 0.717) is 12.1 Å². The molecule has 19 heavy (non-hydrogen) atoms. The molecule has 4 nitrogen and oxygen atoms in total. The fourth-order valence-corrected chi connectivity index (χ4v) is 1.72. The Bertz CT molecular complexity index is 584. The molecule has 0 radical (unpaired) electrons. The molecule has 0 spiro atoms. The highest BCUT2D eigenvalue weighted by Gasteiger charge is 2.11.